The van der Waals surface area contributed by atoms with Gasteiger partial charge in [-0.2, -0.15) is 0 Å². The van der Waals surface area contributed by atoms with Crippen LogP contribution in [-0.4, -0.2) is 75.7 Å². The fourth-order valence-electron chi connectivity index (χ4n) is 3.50. The summed E-state index contributed by atoms with van der Waals surface area (Å²) in [7, 11) is -3.13. The van der Waals surface area contributed by atoms with Gasteiger partial charge in [0.05, 0.1) is 19.5 Å². The lowest BCUT2D eigenvalue weighted by molar-refractivity contribution is 0.0907. The average Bonchev–Trinajstić information content (AvgIpc) is 3.15. The summed E-state index contributed by atoms with van der Waals surface area (Å²) in [6, 6.07) is 10.2. The second kappa shape index (κ2) is 12.1. The molecule has 164 valence electrons. The molecule has 1 aliphatic rings. The maximum atomic E-state index is 11.7. The van der Waals surface area contributed by atoms with Gasteiger partial charge in [0, 0.05) is 45.2 Å². The number of nitrogens with one attached hydrogen (secondary N) is 1. The van der Waals surface area contributed by atoms with E-state index in [2.05, 4.69) is 29.3 Å². The maximum Gasteiger partial charge on any atom is 0.211 e. The van der Waals surface area contributed by atoms with Crippen molar-refractivity contribution in [3.05, 3.63) is 35.9 Å². The summed E-state index contributed by atoms with van der Waals surface area (Å²) in [5.41, 5.74) is 1.20. The monoisotopic (exact) mass is 424 g/mol. The Kier molecular flexibility index (Phi) is 9.90. The van der Waals surface area contributed by atoms with Crippen molar-refractivity contribution in [2.24, 2.45) is 10.9 Å². The van der Waals surface area contributed by atoms with Crippen molar-refractivity contribution in [1.29, 1.82) is 0 Å². The van der Waals surface area contributed by atoms with Gasteiger partial charge in [0.2, 0.25) is 10.0 Å². The first-order valence-corrected chi connectivity index (χ1v) is 12.4. The first-order valence-electron chi connectivity index (χ1n) is 10.5. The minimum atomic E-state index is -3.13. The van der Waals surface area contributed by atoms with Gasteiger partial charge in [-0.05, 0) is 25.3 Å². The number of guanidine groups is 1. The first kappa shape index (κ1) is 23.6. The number of ether oxygens (including phenoxy) is 1. The van der Waals surface area contributed by atoms with Gasteiger partial charge < -0.3 is 15.0 Å². The molecule has 1 N–H and O–H groups in total. The Hall–Kier alpha value is -1.64. The standard InChI is InChI=1S/C21H36N4O3S/c1-4-22-21(23-13-9-14-25(5-2)29(3,26)27)24-15-12-20(16-24)18-28-17-19-10-7-6-8-11-19/h6-8,10-11,20H,4-5,9,12-18H2,1-3H3,(H,22,23). The molecule has 0 aliphatic carbocycles. The third-order valence-corrected chi connectivity index (χ3v) is 6.41. The summed E-state index contributed by atoms with van der Waals surface area (Å²) >= 11 is 0. The smallest absolute Gasteiger partial charge is 0.211 e. The molecule has 1 saturated heterocycles. The molecular formula is C21H36N4O3S. The lowest BCUT2D eigenvalue weighted by Gasteiger charge is -2.22. The molecule has 0 spiro atoms. The summed E-state index contributed by atoms with van der Waals surface area (Å²) in [5.74, 6) is 1.42. The molecule has 1 aromatic carbocycles. The van der Waals surface area contributed by atoms with Crippen LogP contribution in [0.4, 0.5) is 0 Å². The molecule has 7 nitrogen and oxygen atoms in total. The predicted molar refractivity (Wildman–Crippen MR) is 118 cm³/mol. The highest BCUT2D eigenvalue weighted by Gasteiger charge is 2.25. The van der Waals surface area contributed by atoms with Crippen molar-refractivity contribution in [3.63, 3.8) is 0 Å². The van der Waals surface area contributed by atoms with Crippen LogP contribution in [0.2, 0.25) is 0 Å². The Morgan fingerprint density at radius 3 is 2.72 bits per heavy atom. The molecule has 1 unspecified atom stereocenters. The summed E-state index contributed by atoms with van der Waals surface area (Å²) in [6.07, 6.45) is 3.07. The van der Waals surface area contributed by atoms with Crippen LogP contribution in [-0.2, 0) is 21.4 Å². The Balaban J connectivity index is 1.77. The molecule has 0 radical (unpaired) electrons. The van der Waals surface area contributed by atoms with E-state index in [-0.39, 0.29) is 0 Å². The topological polar surface area (TPSA) is 74.2 Å². The molecule has 2 rings (SSSR count). The number of rotatable bonds is 11. The Labute approximate surface area is 176 Å². The van der Waals surface area contributed by atoms with Crippen LogP contribution in [0.25, 0.3) is 0 Å². The first-order chi connectivity index (χ1) is 13.9. The lowest BCUT2D eigenvalue weighted by atomic mass is 10.1. The molecule has 0 bridgehead atoms. The third-order valence-electron chi connectivity index (χ3n) is 5.03. The van der Waals surface area contributed by atoms with Crippen molar-refractivity contribution >= 4 is 16.0 Å². The number of sulfonamides is 1. The zero-order valence-electron chi connectivity index (χ0n) is 18.0. The summed E-state index contributed by atoms with van der Waals surface area (Å²) in [5, 5.41) is 3.36. The van der Waals surface area contributed by atoms with E-state index in [9.17, 15) is 8.42 Å². The molecule has 0 amide bonds. The number of benzene rings is 1. The van der Waals surface area contributed by atoms with E-state index >= 15 is 0 Å². The van der Waals surface area contributed by atoms with E-state index in [4.69, 9.17) is 9.73 Å². The van der Waals surface area contributed by atoms with Crippen molar-refractivity contribution in [3.8, 4) is 0 Å². The van der Waals surface area contributed by atoms with Crippen LogP contribution < -0.4 is 5.32 Å². The molecular weight excluding hydrogens is 388 g/mol. The number of hydrogen-bond acceptors (Lipinski definition) is 4. The van der Waals surface area contributed by atoms with Gasteiger partial charge >= 0.3 is 0 Å². The average molecular weight is 425 g/mol. The van der Waals surface area contributed by atoms with Gasteiger partial charge in [0.1, 0.15) is 0 Å². The van der Waals surface area contributed by atoms with Gasteiger partial charge in [0.25, 0.3) is 0 Å². The van der Waals surface area contributed by atoms with Crippen LogP contribution >= 0.6 is 0 Å². The van der Waals surface area contributed by atoms with E-state index in [1.165, 1.54) is 16.1 Å². The van der Waals surface area contributed by atoms with Crippen LogP contribution in [0, 0.1) is 5.92 Å². The maximum absolute atomic E-state index is 11.7. The summed E-state index contributed by atoms with van der Waals surface area (Å²) in [6.45, 7) is 9.67. The van der Waals surface area contributed by atoms with E-state index in [0.717, 1.165) is 38.6 Å². The minimum absolute atomic E-state index is 0.499. The van der Waals surface area contributed by atoms with Gasteiger partial charge in [0.15, 0.2) is 5.96 Å². The normalized spacial score (nSPS) is 17.9. The second-order valence-electron chi connectivity index (χ2n) is 7.45. The molecule has 1 aromatic rings. The Bertz CT molecular complexity index is 725. The summed E-state index contributed by atoms with van der Waals surface area (Å²) < 4.78 is 30.7. The molecule has 0 aromatic heterocycles. The molecule has 0 saturated carbocycles. The molecule has 29 heavy (non-hydrogen) atoms. The predicted octanol–water partition coefficient (Wildman–Crippen LogP) is 2.16. The number of likely N-dealkylation sites (tertiary alicyclic amines) is 1. The van der Waals surface area contributed by atoms with Crippen molar-refractivity contribution < 1.29 is 13.2 Å². The lowest BCUT2D eigenvalue weighted by Crippen LogP contribution is -2.40. The zero-order chi connectivity index (χ0) is 21.1. The van der Waals surface area contributed by atoms with Gasteiger partial charge in [-0.25, -0.2) is 12.7 Å². The van der Waals surface area contributed by atoms with Crippen molar-refractivity contribution in [1.82, 2.24) is 14.5 Å². The third kappa shape index (κ3) is 8.32. The second-order valence-corrected chi connectivity index (χ2v) is 9.43. The largest absolute Gasteiger partial charge is 0.376 e. The van der Waals surface area contributed by atoms with E-state index in [1.807, 2.05) is 25.1 Å². The highest BCUT2D eigenvalue weighted by molar-refractivity contribution is 7.88. The SMILES string of the molecule is CCNC(=NCCCN(CC)S(C)(=O)=O)N1CCC(COCc2ccccc2)C1. The number of aliphatic imine (C=N–C) groups is 1. The Morgan fingerprint density at radius 2 is 2.07 bits per heavy atom. The molecule has 1 atom stereocenters. The molecule has 1 fully saturated rings. The molecule has 1 aliphatic heterocycles. The van der Waals surface area contributed by atoms with Crippen LogP contribution in [0.15, 0.2) is 35.3 Å². The van der Waals surface area contributed by atoms with Crippen LogP contribution in [0.1, 0.15) is 32.3 Å². The van der Waals surface area contributed by atoms with Crippen LogP contribution in [0.5, 0.6) is 0 Å². The highest BCUT2D eigenvalue weighted by Crippen LogP contribution is 2.17. The quantitative estimate of drug-likeness (QED) is 0.335. The van der Waals surface area contributed by atoms with E-state index in [1.54, 1.807) is 0 Å². The van der Waals surface area contributed by atoms with Crippen LogP contribution in [0.3, 0.4) is 0 Å². The van der Waals surface area contributed by atoms with Gasteiger partial charge in [-0.3, -0.25) is 4.99 Å². The van der Waals surface area contributed by atoms with E-state index in [0.29, 0.717) is 38.6 Å². The molecule has 1 heterocycles. The fourth-order valence-corrected chi connectivity index (χ4v) is 4.42. The van der Waals surface area contributed by atoms with E-state index < -0.39 is 10.0 Å². The van der Waals surface area contributed by atoms with Gasteiger partial charge in [-0.1, -0.05) is 37.3 Å². The Morgan fingerprint density at radius 1 is 1.31 bits per heavy atom. The van der Waals surface area contributed by atoms with Gasteiger partial charge in [-0.15, -0.1) is 0 Å². The van der Waals surface area contributed by atoms with Crippen molar-refractivity contribution in [2.75, 3.05) is 52.1 Å². The number of nitrogens with zero attached hydrogens (tertiary/aromatic N) is 3. The zero-order valence-corrected chi connectivity index (χ0v) is 18.8. The highest BCUT2D eigenvalue weighted by atomic mass is 32.2. The van der Waals surface area contributed by atoms with Crippen molar-refractivity contribution in [2.45, 2.75) is 33.3 Å². The molecule has 8 heteroatoms. The number of hydrogen-bond donors (Lipinski definition) is 1. The fraction of sp³-hybridized carbons (Fsp3) is 0.667. The summed E-state index contributed by atoms with van der Waals surface area (Å²) in [4.78, 5) is 7.00. The minimum Gasteiger partial charge on any atom is -0.376 e.